The average molecular weight is 476 g/mol. The van der Waals surface area contributed by atoms with Crippen LogP contribution in [0.4, 0.5) is 0 Å². The number of hydrogen-bond acceptors (Lipinski definition) is 5. The van der Waals surface area contributed by atoms with Crippen LogP contribution < -0.4 is 9.47 Å². The number of hydrogen-bond donors (Lipinski definition) is 1. The van der Waals surface area contributed by atoms with Crippen LogP contribution in [0.15, 0.2) is 78.4 Å². The van der Waals surface area contributed by atoms with Crippen LogP contribution in [0.3, 0.4) is 0 Å². The van der Waals surface area contributed by atoms with Crippen LogP contribution in [0.5, 0.6) is 11.5 Å². The molecule has 2 aliphatic heterocycles. The van der Waals surface area contributed by atoms with Gasteiger partial charge in [-0.1, -0.05) is 54.1 Å². The first kappa shape index (κ1) is 22.0. The van der Waals surface area contributed by atoms with Gasteiger partial charge in [-0.15, -0.1) is 0 Å². The SMILES string of the molecule is O=C1C(=O)N(CCc2ccccc2)C(c2cccc(Cl)c2)C1=C(O)c1ccc2c(c1)OCCO2. The van der Waals surface area contributed by atoms with Gasteiger partial charge in [-0.05, 0) is 47.9 Å². The number of rotatable bonds is 5. The molecule has 1 fully saturated rings. The number of nitrogens with zero attached hydrogens (tertiary/aromatic N) is 1. The topological polar surface area (TPSA) is 76.1 Å². The minimum absolute atomic E-state index is 0.0250. The minimum atomic E-state index is -0.768. The van der Waals surface area contributed by atoms with Crippen molar-refractivity contribution in [1.29, 1.82) is 0 Å². The lowest BCUT2D eigenvalue weighted by molar-refractivity contribution is -0.139. The smallest absolute Gasteiger partial charge is 0.295 e. The molecule has 1 saturated heterocycles. The summed E-state index contributed by atoms with van der Waals surface area (Å²) in [6, 6.07) is 20.9. The highest BCUT2D eigenvalue weighted by molar-refractivity contribution is 6.46. The molecule has 0 aromatic heterocycles. The number of ketones is 1. The standard InChI is InChI=1S/C27H22ClNO5/c28-20-8-4-7-18(15-20)24-23(25(30)19-9-10-21-22(16-19)34-14-13-33-21)26(31)27(32)29(24)12-11-17-5-2-1-3-6-17/h1-10,15-16,24,30H,11-14H2. The lowest BCUT2D eigenvalue weighted by Crippen LogP contribution is -2.31. The van der Waals surface area contributed by atoms with Crippen LogP contribution in [0, 0.1) is 0 Å². The van der Waals surface area contributed by atoms with E-state index in [2.05, 4.69) is 0 Å². The summed E-state index contributed by atoms with van der Waals surface area (Å²) >= 11 is 6.24. The van der Waals surface area contributed by atoms with Gasteiger partial charge in [0.05, 0.1) is 11.6 Å². The van der Waals surface area contributed by atoms with Crippen molar-refractivity contribution in [3.05, 3.63) is 100 Å². The molecule has 7 heteroatoms. The largest absolute Gasteiger partial charge is 0.507 e. The zero-order valence-electron chi connectivity index (χ0n) is 18.2. The summed E-state index contributed by atoms with van der Waals surface area (Å²) in [5.41, 5.74) is 2.09. The van der Waals surface area contributed by atoms with E-state index in [4.69, 9.17) is 21.1 Å². The number of Topliss-reactive ketones (excluding diaryl/α,β-unsaturated/α-hetero) is 1. The molecule has 3 aromatic carbocycles. The molecule has 6 nitrogen and oxygen atoms in total. The van der Waals surface area contributed by atoms with E-state index in [1.54, 1.807) is 42.5 Å². The number of aliphatic hydroxyl groups excluding tert-OH is 1. The van der Waals surface area contributed by atoms with Crippen LogP contribution >= 0.6 is 11.6 Å². The molecule has 172 valence electrons. The highest BCUT2D eigenvalue weighted by Gasteiger charge is 2.46. The van der Waals surface area contributed by atoms with E-state index >= 15 is 0 Å². The second kappa shape index (κ2) is 9.23. The second-order valence-electron chi connectivity index (χ2n) is 8.14. The third kappa shape index (κ3) is 4.13. The van der Waals surface area contributed by atoms with E-state index in [1.807, 2.05) is 30.3 Å². The Morgan fingerprint density at radius 3 is 2.47 bits per heavy atom. The molecule has 2 aliphatic rings. The summed E-state index contributed by atoms with van der Waals surface area (Å²) in [5.74, 6) is -0.599. The summed E-state index contributed by atoms with van der Waals surface area (Å²) in [5, 5.41) is 11.7. The number of carbonyl (C=O) groups is 2. The van der Waals surface area contributed by atoms with Crippen molar-refractivity contribution in [3.8, 4) is 11.5 Å². The summed E-state index contributed by atoms with van der Waals surface area (Å²) in [4.78, 5) is 27.8. The fourth-order valence-corrected chi connectivity index (χ4v) is 4.57. The van der Waals surface area contributed by atoms with Crippen LogP contribution in [-0.2, 0) is 16.0 Å². The van der Waals surface area contributed by atoms with Gasteiger partial charge in [-0.25, -0.2) is 0 Å². The maximum Gasteiger partial charge on any atom is 0.295 e. The molecule has 1 N–H and O–H groups in total. The van der Waals surface area contributed by atoms with Crippen molar-refractivity contribution in [3.63, 3.8) is 0 Å². The van der Waals surface area contributed by atoms with Crippen molar-refractivity contribution < 1.29 is 24.2 Å². The van der Waals surface area contributed by atoms with Gasteiger partial charge < -0.3 is 19.5 Å². The Hall–Kier alpha value is -3.77. The van der Waals surface area contributed by atoms with Gasteiger partial charge in [0.2, 0.25) is 0 Å². The first-order valence-corrected chi connectivity index (χ1v) is 11.4. The third-order valence-electron chi connectivity index (χ3n) is 6.00. The molecule has 34 heavy (non-hydrogen) atoms. The number of fused-ring (bicyclic) bond motifs is 1. The molecule has 1 amide bonds. The van der Waals surface area contributed by atoms with Crippen molar-refractivity contribution >= 4 is 29.1 Å². The number of ether oxygens (including phenoxy) is 2. The van der Waals surface area contributed by atoms with Gasteiger partial charge >= 0.3 is 0 Å². The Bertz CT molecular complexity index is 1290. The third-order valence-corrected chi connectivity index (χ3v) is 6.24. The maximum atomic E-state index is 13.2. The van der Waals surface area contributed by atoms with E-state index in [9.17, 15) is 14.7 Å². The molecule has 1 atom stereocenters. The second-order valence-corrected chi connectivity index (χ2v) is 8.58. The average Bonchev–Trinajstić information content (AvgIpc) is 3.12. The highest BCUT2D eigenvalue weighted by Crippen LogP contribution is 2.41. The summed E-state index contributed by atoms with van der Waals surface area (Å²) in [6.07, 6.45) is 0.564. The Balaban J connectivity index is 1.58. The monoisotopic (exact) mass is 475 g/mol. The van der Waals surface area contributed by atoms with Crippen LogP contribution in [0.1, 0.15) is 22.7 Å². The Kier molecular flexibility index (Phi) is 5.99. The van der Waals surface area contributed by atoms with E-state index in [-0.39, 0.29) is 11.3 Å². The van der Waals surface area contributed by atoms with E-state index in [0.29, 0.717) is 53.8 Å². The molecule has 5 rings (SSSR count). The molecule has 0 aliphatic carbocycles. The van der Waals surface area contributed by atoms with Gasteiger partial charge in [0.15, 0.2) is 11.5 Å². The van der Waals surface area contributed by atoms with Gasteiger partial charge in [0.1, 0.15) is 19.0 Å². The predicted molar refractivity (Wildman–Crippen MR) is 128 cm³/mol. The predicted octanol–water partition coefficient (Wildman–Crippen LogP) is 4.78. The van der Waals surface area contributed by atoms with Crippen molar-refractivity contribution in [2.24, 2.45) is 0 Å². The number of carbonyl (C=O) groups excluding carboxylic acids is 2. The zero-order chi connectivity index (χ0) is 23.7. The Morgan fingerprint density at radius 1 is 0.941 bits per heavy atom. The van der Waals surface area contributed by atoms with Crippen molar-refractivity contribution in [2.75, 3.05) is 19.8 Å². The zero-order valence-corrected chi connectivity index (χ0v) is 19.0. The van der Waals surface area contributed by atoms with Crippen LogP contribution in [-0.4, -0.2) is 41.5 Å². The molecule has 0 bridgehead atoms. The van der Waals surface area contributed by atoms with Crippen LogP contribution in [0.2, 0.25) is 5.02 Å². The number of aliphatic hydroxyl groups is 1. The molecule has 1 unspecified atom stereocenters. The van der Waals surface area contributed by atoms with Gasteiger partial charge in [0, 0.05) is 17.1 Å². The number of likely N-dealkylation sites (tertiary alicyclic amines) is 1. The first-order valence-electron chi connectivity index (χ1n) is 11.0. The van der Waals surface area contributed by atoms with Gasteiger partial charge in [-0.2, -0.15) is 0 Å². The van der Waals surface area contributed by atoms with Gasteiger partial charge in [0.25, 0.3) is 11.7 Å². The fourth-order valence-electron chi connectivity index (χ4n) is 4.37. The molecule has 2 heterocycles. The fraction of sp³-hybridized carbons (Fsp3) is 0.185. The quantitative estimate of drug-likeness (QED) is 0.326. The van der Waals surface area contributed by atoms with Gasteiger partial charge in [-0.3, -0.25) is 9.59 Å². The number of benzene rings is 3. The normalized spacial score (nSPS) is 18.9. The molecule has 0 radical (unpaired) electrons. The molecule has 0 saturated carbocycles. The van der Waals surface area contributed by atoms with E-state index in [0.717, 1.165) is 5.56 Å². The lowest BCUT2D eigenvalue weighted by atomic mass is 9.95. The Labute approximate surface area is 202 Å². The Morgan fingerprint density at radius 2 is 1.71 bits per heavy atom. The van der Waals surface area contributed by atoms with Crippen LogP contribution in [0.25, 0.3) is 5.76 Å². The van der Waals surface area contributed by atoms with E-state index < -0.39 is 17.7 Å². The summed E-state index contributed by atoms with van der Waals surface area (Å²) in [7, 11) is 0. The lowest BCUT2D eigenvalue weighted by Gasteiger charge is -2.25. The first-order chi connectivity index (χ1) is 16.5. The number of halogens is 1. The molecular formula is C27H22ClNO5. The minimum Gasteiger partial charge on any atom is -0.507 e. The maximum absolute atomic E-state index is 13.2. The molecule has 0 spiro atoms. The van der Waals surface area contributed by atoms with Crippen molar-refractivity contribution in [2.45, 2.75) is 12.5 Å². The molecular weight excluding hydrogens is 454 g/mol. The van der Waals surface area contributed by atoms with E-state index in [1.165, 1.54) is 4.90 Å². The summed E-state index contributed by atoms with van der Waals surface area (Å²) < 4.78 is 11.2. The van der Waals surface area contributed by atoms with Crippen molar-refractivity contribution in [1.82, 2.24) is 4.90 Å². The number of amides is 1. The highest BCUT2D eigenvalue weighted by atomic mass is 35.5. The molecule has 3 aromatic rings. The summed E-state index contributed by atoms with van der Waals surface area (Å²) in [6.45, 7) is 1.15.